The summed E-state index contributed by atoms with van der Waals surface area (Å²) >= 11 is 0. The molecule has 6 heteroatoms. The van der Waals surface area contributed by atoms with Gasteiger partial charge in [0.1, 0.15) is 12.1 Å². The third-order valence-electron chi connectivity index (χ3n) is 3.37. The molecule has 0 atom stereocenters. The Bertz CT molecular complexity index is 848. The number of rotatable bonds is 4. The van der Waals surface area contributed by atoms with Crippen molar-refractivity contribution in [1.82, 2.24) is 9.97 Å². The molecule has 0 fully saturated rings. The molecule has 110 valence electrons. The maximum absolute atomic E-state index is 10.8. The Kier molecular flexibility index (Phi) is 3.65. The minimum absolute atomic E-state index is 0.0858. The quantitative estimate of drug-likeness (QED) is 0.588. The van der Waals surface area contributed by atoms with E-state index in [1.54, 1.807) is 12.1 Å². The zero-order chi connectivity index (χ0) is 15.5. The number of benzene rings is 2. The lowest BCUT2D eigenvalue weighted by Gasteiger charge is -2.09. The predicted molar refractivity (Wildman–Crippen MR) is 84.7 cm³/mol. The van der Waals surface area contributed by atoms with Gasteiger partial charge in [-0.1, -0.05) is 23.8 Å². The Morgan fingerprint density at radius 3 is 2.86 bits per heavy atom. The highest BCUT2D eigenvalue weighted by Gasteiger charge is 2.07. The van der Waals surface area contributed by atoms with E-state index < -0.39 is 4.92 Å². The number of non-ortho nitro benzene ring substituents is 1. The molecule has 0 aliphatic rings. The van der Waals surface area contributed by atoms with Crippen molar-refractivity contribution in [2.45, 2.75) is 13.5 Å². The minimum Gasteiger partial charge on any atom is -0.365 e. The molecule has 0 unspecified atom stereocenters. The van der Waals surface area contributed by atoms with Gasteiger partial charge in [0.25, 0.3) is 5.69 Å². The van der Waals surface area contributed by atoms with Crippen LogP contribution in [0.15, 0.2) is 48.8 Å². The molecule has 1 N–H and O–H groups in total. The fourth-order valence-corrected chi connectivity index (χ4v) is 2.28. The van der Waals surface area contributed by atoms with Crippen LogP contribution in [0.3, 0.4) is 0 Å². The van der Waals surface area contributed by atoms with Gasteiger partial charge in [-0.2, -0.15) is 0 Å². The molecule has 0 aliphatic heterocycles. The number of nitro groups is 1. The van der Waals surface area contributed by atoms with Gasteiger partial charge in [-0.15, -0.1) is 0 Å². The molecule has 22 heavy (non-hydrogen) atoms. The number of aryl methyl sites for hydroxylation is 1. The molecule has 3 rings (SSSR count). The highest BCUT2D eigenvalue weighted by molar-refractivity contribution is 5.89. The van der Waals surface area contributed by atoms with Gasteiger partial charge in [-0.05, 0) is 24.6 Å². The molecule has 6 nitrogen and oxygen atoms in total. The van der Waals surface area contributed by atoms with Crippen LogP contribution >= 0.6 is 0 Å². The SMILES string of the molecule is Cc1ccc2ncnc(NCc3cccc([N+](=O)[O-])c3)c2c1. The van der Waals surface area contributed by atoms with Gasteiger partial charge >= 0.3 is 0 Å². The number of hydrogen-bond donors (Lipinski definition) is 1. The first-order valence-electron chi connectivity index (χ1n) is 6.82. The Balaban J connectivity index is 1.86. The number of fused-ring (bicyclic) bond motifs is 1. The first-order chi connectivity index (χ1) is 10.6. The van der Waals surface area contributed by atoms with Crippen LogP contribution in [0.25, 0.3) is 10.9 Å². The molecule has 3 aromatic rings. The van der Waals surface area contributed by atoms with Crippen molar-refractivity contribution in [3.63, 3.8) is 0 Å². The van der Waals surface area contributed by atoms with Crippen LogP contribution in [0.4, 0.5) is 11.5 Å². The third kappa shape index (κ3) is 2.85. The second kappa shape index (κ2) is 5.77. The van der Waals surface area contributed by atoms with Gasteiger partial charge in [0.15, 0.2) is 0 Å². The zero-order valence-corrected chi connectivity index (χ0v) is 12.0. The maximum atomic E-state index is 10.8. The van der Waals surface area contributed by atoms with Crippen molar-refractivity contribution in [2.75, 3.05) is 5.32 Å². The van der Waals surface area contributed by atoms with Gasteiger partial charge in [0.2, 0.25) is 0 Å². The summed E-state index contributed by atoms with van der Waals surface area (Å²) < 4.78 is 0. The molecule has 2 aromatic carbocycles. The largest absolute Gasteiger partial charge is 0.365 e. The fourth-order valence-electron chi connectivity index (χ4n) is 2.28. The van der Waals surface area contributed by atoms with E-state index in [4.69, 9.17) is 0 Å². The van der Waals surface area contributed by atoms with Gasteiger partial charge in [-0.3, -0.25) is 10.1 Å². The molecule has 0 bridgehead atoms. The normalized spacial score (nSPS) is 10.6. The summed E-state index contributed by atoms with van der Waals surface area (Å²) in [6.07, 6.45) is 1.51. The van der Waals surface area contributed by atoms with E-state index in [1.165, 1.54) is 12.4 Å². The van der Waals surface area contributed by atoms with Crippen LogP contribution in [0.1, 0.15) is 11.1 Å². The van der Waals surface area contributed by atoms with E-state index >= 15 is 0 Å². The second-order valence-electron chi connectivity index (χ2n) is 5.02. The van der Waals surface area contributed by atoms with Crippen LogP contribution in [-0.4, -0.2) is 14.9 Å². The van der Waals surface area contributed by atoms with E-state index in [0.29, 0.717) is 6.54 Å². The van der Waals surface area contributed by atoms with Crippen LogP contribution in [0, 0.1) is 17.0 Å². The number of nitrogens with one attached hydrogen (secondary N) is 1. The summed E-state index contributed by atoms with van der Waals surface area (Å²) in [5.41, 5.74) is 2.90. The fraction of sp³-hybridized carbons (Fsp3) is 0.125. The highest BCUT2D eigenvalue weighted by Crippen LogP contribution is 2.21. The number of nitrogens with zero attached hydrogens (tertiary/aromatic N) is 3. The smallest absolute Gasteiger partial charge is 0.269 e. The Morgan fingerprint density at radius 1 is 1.18 bits per heavy atom. The van der Waals surface area contributed by atoms with Crippen molar-refractivity contribution in [1.29, 1.82) is 0 Å². The van der Waals surface area contributed by atoms with E-state index in [0.717, 1.165) is 27.8 Å². The molecular weight excluding hydrogens is 280 g/mol. The summed E-state index contributed by atoms with van der Waals surface area (Å²) in [5, 5.41) is 15.0. The summed E-state index contributed by atoms with van der Waals surface area (Å²) in [5.74, 6) is 0.722. The maximum Gasteiger partial charge on any atom is 0.269 e. The number of aromatic nitrogens is 2. The van der Waals surface area contributed by atoms with Gasteiger partial charge < -0.3 is 5.32 Å². The minimum atomic E-state index is -0.396. The first kappa shape index (κ1) is 13.9. The van der Waals surface area contributed by atoms with E-state index in [-0.39, 0.29) is 5.69 Å². The summed E-state index contributed by atoms with van der Waals surface area (Å²) in [7, 11) is 0. The summed E-state index contributed by atoms with van der Waals surface area (Å²) in [4.78, 5) is 18.9. The topological polar surface area (TPSA) is 81.0 Å². The van der Waals surface area contributed by atoms with E-state index in [1.807, 2.05) is 31.2 Å². The zero-order valence-electron chi connectivity index (χ0n) is 12.0. The third-order valence-corrected chi connectivity index (χ3v) is 3.37. The molecule has 0 saturated carbocycles. The number of anilines is 1. The molecule has 1 aromatic heterocycles. The molecule has 0 amide bonds. The van der Waals surface area contributed by atoms with E-state index in [2.05, 4.69) is 15.3 Å². The van der Waals surface area contributed by atoms with E-state index in [9.17, 15) is 10.1 Å². The first-order valence-corrected chi connectivity index (χ1v) is 6.82. The van der Waals surface area contributed by atoms with Crippen molar-refractivity contribution in [3.8, 4) is 0 Å². The van der Waals surface area contributed by atoms with Crippen molar-refractivity contribution >= 4 is 22.4 Å². The highest BCUT2D eigenvalue weighted by atomic mass is 16.6. The molecule has 0 saturated heterocycles. The summed E-state index contributed by atoms with van der Waals surface area (Å²) in [6, 6.07) is 12.5. The van der Waals surface area contributed by atoms with Crippen LogP contribution in [-0.2, 0) is 6.54 Å². The standard InChI is InChI=1S/C16H14N4O2/c1-11-5-6-15-14(7-11)16(19-10-18-15)17-9-12-3-2-4-13(8-12)20(21)22/h2-8,10H,9H2,1H3,(H,17,18,19). The van der Waals surface area contributed by atoms with Crippen LogP contribution in [0.2, 0.25) is 0 Å². The van der Waals surface area contributed by atoms with Crippen molar-refractivity contribution in [2.24, 2.45) is 0 Å². The number of hydrogen-bond acceptors (Lipinski definition) is 5. The number of nitro benzene ring substituents is 1. The Labute approximate surface area is 127 Å². The molecule has 0 aliphatic carbocycles. The van der Waals surface area contributed by atoms with Gasteiger partial charge in [-0.25, -0.2) is 9.97 Å². The lowest BCUT2D eigenvalue weighted by molar-refractivity contribution is -0.384. The van der Waals surface area contributed by atoms with Crippen molar-refractivity contribution in [3.05, 3.63) is 70.0 Å². The predicted octanol–water partition coefficient (Wildman–Crippen LogP) is 3.46. The average molecular weight is 294 g/mol. The van der Waals surface area contributed by atoms with Crippen LogP contribution < -0.4 is 5.32 Å². The molecule has 1 heterocycles. The molecule has 0 spiro atoms. The van der Waals surface area contributed by atoms with Gasteiger partial charge in [0, 0.05) is 24.1 Å². The monoisotopic (exact) mass is 294 g/mol. The van der Waals surface area contributed by atoms with Gasteiger partial charge in [0.05, 0.1) is 10.4 Å². The molecule has 0 radical (unpaired) electrons. The molecular formula is C16H14N4O2. The average Bonchev–Trinajstić information content (AvgIpc) is 2.53. The summed E-state index contributed by atoms with van der Waals surface area (Å²) in [6.45, 7) is 2.47. The Hall–Kier alpha value is -3.02. The second-order valence-corrected chi connectivity index (χ2v) is 5.02. The lowest BCUT2D eigenvalue weighted by atomic mass is 10.1. The Morgan fingerprint density at radius 2 is 2.05 bits per heavy atom. The van der Waals surface area contributed by atoms with Crippen molar-refractivity contribution < 1.29 is 4.92 Å². The lowest BCUT2D eigenvalue weighted by Crippen LogP contribution is -2.03. The van der Waals surface area contributed by atoms with Crippen LogP contribution in [0.5, 0.6) is 0 Å².